The molecule has 5 heteroatoms. The summed E-state index contributed by atoms with van der Waals surface area (Å²) in [5.74, 6) is 0. The number of nitrogens with zero attached hydrogens (tertiary/aromatic N) is 3. The van der Waals surface area contributed by atoms with Crippen molar-refractivity contribution in [3.63, 3.8) is 0 Å². The molecule has 3 N–H and O–H groups in total. The number of aromatic nitrogens is 1. The van der Waals surface area contributed by atoms with Crippen molar-refractivity contribution in [3.8, 4) is 0 Å². The maximum absolute atomic E-state index is 9.11. The molecule has 0 spiro atoms. The van der Waals surface area contributed by atoms with Crippen LogP contribution in [0.3, 0.4) is 0 Å². The number of β-amino-alcohol motifs (C(OH)–C–C–N with tert-alkyl or cyclic N) is 1. The molecule has 1 aliphatic rings. The van der Waals surface area contributed by atoms with E-state index in [1.807, 2.05) is 18.5 Å². The lowest BCUT2D eigenvalue weighted by Gasteiger charge is -2.34. The van der Waals surface area contributed by atoms with E-state index >= 15 is 0 Å². The molecular formula is C16H28N4O. The van der Waals surface area contributed by atoms with Crippen LogP contribution in [0.4, 0.5) is 0 Å². The van der Waals surface area contributed by atoms with Gasteiger partial charge in [0.05, 0.1) is 12.6 Å². The Labute approximate surface area is 127 Å². The molecule has 1 fully saturated rings. The molecule has 1 saturated heterocycles. The van der Waals surface area contributed by atoms with Crippen molar-refractivity contribution in [1.29, 1.82) is 0 Å². The van der Waals surface area contributed by atoms with Crippen molar-refractivity contribution in [2.75, 3.05) is 39.3 Å². The van der Waals surface area contributed by atoms with E-state index in [2.05, 4.69) is 27.8 Å². The summed E-state index contributed by atoms with van der Waals surface area (Å²) < 4.78 is 0. The summed E-state index contributed by atoms with van der Waals surface area (Å²) in [7, 11) is 0. The maximum atomic E-state index is 9.11. The summed E-state index contributed by atoms with van der Waals surface area (Å²) >= 11 is 0. The third-order valence-corrected chi connectivity index (χ3v) is 4.34. The minimum absolute atomic E-state index is 0.124. The SMILES string of the molecule is CCC(N)C(c1cccnc1)N1CCCN(CCO)CC1. The van der Waals surface area contributed by atoms with Crippen molar-refractivity contribution >= 4 is 0 Å². The Hall–Kier alpha value is -1.01. The van der Waals surface area contributed by atoms with E-state index in [0.717, 1.165) is 45.6 Å². The van der Waals surface area contributed by atoms with Gasteiger partial charge in [0, 0.05) is 44.6 Å². The zero-order valence-electron chi connectivity index (χ0n) is 13.0. The first-order valence-electron chi connectivity index (χ1n) is 7.99. The largest absolute Gasteiger partial charge is 0.395 e. The van der Waals surface area contributed by atoms with E-state index in [1.165, 1.54) is 5.56 Å². The molecule has 1 aromatic rings. The van der Waals surface area contributed by atoms with Crippen molar-refractivity contribution < 1.29 is 5.11 Å². The molecule has 1 aromatic heterocycles. The summed E-state index contributed by atoms with van der Waals surface area (Å²) in [6.45, 7) is 7.24. The Bertz CT molecular complexity index is 401. The summed E-state index contributed by atoms with van der Waals surface area (Å²) in [6, 6.07) is 4.47. The van der Waals surface area contributed by atoms with Gasteiger partial charge >= 0.3 is 0 Å². The molecule has 0 bridgehead atoms. The first-order chi connectivity index (χ1) is 10.3. The van der Waals surface area contributed by atoms with Gasteiger partial charge in [-0.25, -0.2) is 0 Å². The highest BCUT2D eigenvalue weighted by molar-refractivity contribution is 5.16. The number of nitrogens with two attached hydrogens (primary N) is 1. The first kappa shape index (κ1) is 16.4. The highest BCUT2D eigenvalue weighted by Gasteiger charge is 2.27. The fourth-order valence-electron chi connectivity index (χ4n) is 3.14. The lowest BCUT2D eigenvalue weighted by molar-refractivity contribution is 0.163. The molecule has 0 radical (unpaired) electrons. The molecule has 2 rings (SSSR count). The minimum atomic E-state index is 0.124. The number of hydrogen-bond acceptors (Lipinski definition) is 5. The zero-order valence-corrected chi connectivity index (χ0v) is 13.0. The van der Waals surface area contributed by atoms with Crippen LogP contribution in [0.25, 0.3) is 0 Å². The smallest absolute Gasteiger partial charge is 0.0558 e. The minimum Gasteiger partial charge on any atom is -0.395 e. The number of hydrogen-bond donors (Lipinski definition) is 2. The Kier molecular flexibility index (Phi) is 6.57. The highest BCUT2D eigenvalue weighted by atomic mass is 16.3. The van der Waals surface area contributed by atoms with Gasteiger partial charge in [-0.1, -0.05) is 13.0 Å². The highest BCUT2D eigenvalue weighted by Crippen LogP contribution is 2.25. The second kappa shape index (κ2) is 8.44. The monoisotopic (exact) mass is 292 g/mol. The summed E-state index contributed by atoms with van der Waals surface area (Å²) in [5, 5.41) is 9.11. The van der Waals surface area contributed by atoms with E-state index in [9.17, 15) is 0 Å². The third kappa shape index (κ3) is 4.48. The van der Waals surface area contributed by atoms with Crippen LogP contribution in [-0.2, 0) is 0 Å². The van der Waals surface area contributed by atoms with Crippen molar-refractivity contribution in [2.45, 2.75) is 31.8 Å². The summed E-state index contributed by atoms with van der Waals surface area (Å²) in [4.78, 5) is 9.08. The molecule has 0 aromatic carbocycles. The predicted molar refractivity (Wildman–Crippen MR) is 85.0 cm³/mol. The summed E-state index contributed by atoms with van der Waals surface area (Å²) in [6.07, 6.45) is 5.82. The Morgan fingerprint density at radius 2 is 2.19 bits per heavy atom. The van der Waals surface area contributed by atoms with Crippen LogP contribution < -0.4 is 5.73 Å². The van der Waals surface area contributed by atoms with Crippen LogP contribution in [-0.4, -0.2) is 65.3 Å². The quantitative estimate of drug-likeness (QED) is 0.814. The van der Waals surface area contributed by atoms with E-state index in [-0.39, 0.29) is 18.7 Å². The van der Waals surface area contributed by atoms with Gasteiger partial charge in [0.2, 0.25) is 0 Å². The predicted octanol–water partition coefficient (Wildman–Crippen LogP) is 0.860. The molecule has 2 unspecified atom stereocenters. The molecule has 1 aliphatic heterocycles. The van der Waals surface area contributed by atoms with Crippen LogP contribution in [0.1, 0.15) is 31.4 Å². The van der Waals surface area contributed by atoms with Gasteiger partial charge in [0.15, 0.2) is 0 Å². The van der Waals surface area contributed by atoms with E-state index < -0.39 is 0 Å². The van der Waals surface area contributed by atoms with Gasteiger partial charge in [-0.2, -0.15) is 0 Å². The molecule has 5 nitrogen and oxygen atoms in total. The van der Waals surface area contributed by atoms with Crippen LogP contribution >= 0.6 is 0 Å². The molecule has 0 aliphatic carbocycles. The third-order valence-electron chi connectivity index (χ3n) is 4.34. The molecule has 118 valence electrons. The van der Waals surface area contributed by atoms with Crippen LogP contribution in [0, 0.1) is 0 Å². The molecule has 21 heavy (non-hydrogen) atoms. The zero-order chi connectivity index (χ0) is 15.1. The van der Waals surface area contributed by atoms with Crippen molar-refractivity contribution in [2.24, 2.45) is 5.73 Å². The maximum Gasteiger partial charge on any atom is 0.0558 e. The van der Waals surface area contributed by atoms with Crippen molar-refractivity contribution in [3.05, 3.63) is 30.1 Å². The Morgan fingerprint density at radius 1 is 1.33 bits per heavy atom. The Morgan fingerprint density at radius 3 is 2.86 bits per heavy atom. The fourth-order valence-corrected chi connectivity index (χ4v) is 3.14. The molecule has 0 amide bonds. The lowest BCUT2D eigenvalue weighted by Crippen LogP contribution is -2.42. The average Bonchev–Trinajstić information content (AvgIpc) is 2.75. The second-order valence-corrected chi connectivity index (χ2v) is 5.76. The van der Waals surface area contributed by atoms with Crippen LogP contribution in [0.15, 0.2) is 24.5 Å². The van der Waals surface area contributed by atoms with Gasteiger partial charge in [-0.3, -0.25) is 14.8 Å². The standard InChI is InChI=1S/C16H28N4O/c1-2-15(17)16(14-5-3-6-18-13-14)20-8-4-7-19(9-10-20)11-12-21/h3,5-6,13,15-16,21H,2,4,7-12,17H2,1H3. The molecular weight excluding hydrogens is 264 g/mol. The second-order valence-electron chi connectivity index (χ2n) is 5.76. The topological polar surface area (TPSA) is 65.6 Å². The van der Waals surface area contributed by atoms with E-state index in [4.69, 9.17) is 10.8 Å². The van der Waals surface area contributed by atoms with Crippen molar-refractivity contribution in [1.82, 2.24) is 14.8 Å². The average molecular weight is 292 g/mol. The molecule has 2 heterocycles. The number of rotatable bonds is 6. The molecule has 0 saturated carbocycles. The van der Waals surface area contributed by atoms with Gasteiger partial charge in [0.1, 0.15) is 0 Å². The lowest BCUT2D eigenvalue weighted by atomic mass is 9.97. The van der Waals surface area contributed by atoms with Crippen LogP contribution in [0.2, 0.25) is 0 Å². The normalized spacial score (nSPS) is 20.9. The van der Waals surface area contributed by atoms with Gasteiger partial charge in [-0.15, -0.1) is 0 Å². The fraction of sp³-hybridized carbons (Fsp3) is 0.688. The van der Waals surface area contributed by atoms with E-state index in [0.29, 0.717) is 0 Å². The number of aliphatic hydroxyl groups is 1. The van der Waals surface area contributed by atoms with Gasteiger partial charge in [0.25, 0.3) is 0 Å². The number of pyridine rings is 1. The Balaban J connectivity index is 2.10. The van der Waals surface area contributed by atoms with Gasteiger partial charge in [-0.05, 0) is 31.0 Å². The first-order valence-corrected chi connectivity index (χ1v) is 7.99. The van der Waals surface area contributed by atoms with Crippen LogP contribution in [0.5, 0.6) is 0 Å². The molecule has 2 atom stereocenters. The van der Waals surface area contributed by atoms with E-state index in [1.54, 1.807) is 0 Å². The van der Waals surface area contributed by atoms with Gasteiger partial charge < -0.3 is 10.8 Å². The summed E-state index contributed by atoms with van der Waals surface area (Å²) in [5.41, 5.74) is 7.61. The number of aliphatic hydroxyl groups excluding tert-OH is 1.